The number of fused-ring (bicyclic) bond motifs is 1. The Bertz CT molecular complexity index is 1250. The van der Waals surface area contributed by atoms with E-state index in [2.05, 4.69) is 30.0 Å². The van der Waals surface area contributed by atoms with Crippen LogP contribution in [0, 0.1) is 0 Å². The second kappa shape index (κ2) is 9.56. The molecule has 0 saturated heterocycles. The van der Waals surface area contributed by atoms with Crippen LogP contribution in [0.3, 0.4) is 0 Å². The van der Waals surface area contributed by atoms with E-state index in [-0.39, 0.29) is 5.91 Å². The number of carbonyl (C=O) groups excluding carboxylic acids is 1. The Morgan fingerprint density at radius 1 is 1.06 bits per heavy atom. The summed E-state index contributed by atoms with van der Waals surface area (Å²) in [4.78, 5) is 18.6. The van der Waals surface area contributed by atoms with E-state index in [0.717, 1.165) is 54.8 Å². The first kappa shape index (κ1) is 21.4. The normalized spacial score (nSPS) is 14.0. The molecule has 168 valence electrons. The fraction of sp³-hybridized carbons (Fsp3) is 0.250. The quantitative estimate of drug-likeness (QED) is 0.471. The molecule has 0 bridgehead atoms. The average Bonchev–Trinajstić information content (AvgIpc) is 3.41. The van der Waals surface area contributed by atoms with Crippen molar-refractivity contribution in [3.05, 3.63) is 88.9 Å². The number of hydrogen-bond acceptors (Lipinski definition) is 6. The lowest BCUT2D eigenvalue weighted by atomic mass is 10.2. The van der Waals surface area contributed by atoms with E-state index in [1.54, 1.807) is 24.5 Å². The zero-order chi connectivity index (χ0) is 22.6. The first-order valence-corrected chi connectivity index (χ1v) is 11.2. The predicted molar refractivity (Wildman–Crippen MR) is 124 cm³/mol. The molecule has 9 heteroatoms. The van der Waals surface area contributed by atoms with Crippen LogP contribution >= 0.6 is 11.6 Å². The molecule has 0 atom stereocenters. The summed E-state index contributed by atoms with van der Waals surface area (Å²) in [6.07, 6.45) is 3.99. The number of nitrogens with zero attached hydrogens (tertiary/aromatic N) is 5. The van der Waals surface area contributed by atoms with Gasteiger partial charge in [0.05, 0.1) is 13.1 Å². The van der Waals surface area contributed by atoms with E-state index in [4.69, 9.17) is 16.0 Å². The Hall–Kier alpha value is -3.49. The molecular formula is C24H23ClN6O2. The number of nitrogens with one attached hydrogen (secondary N) is 1. The monoisotopic (exact) mass is 462 g/mol. The number of carbonyl (C=O) groups is 1. The van der Waals surface area contributed by atoms with Gasteiger partial charge in [-0.2, -0.15) is 0 Å². The topological polar surface area (TPSA) is 89.1 Å². The number of rotatable bonds is 6. The maximum atomic E-state index is 12.3. The second-order valence-corrected chi connectivity index (χ2v) is 8.34. The van der Waals surface area contributed by atoms with Gasteiger partial charge >= 0.3 is 0 Å². The van der Waals surface area contributed by atoms with Crippen LogP contribution in [0.2, 0.25) is 5.02 Å². The van der Waals surface area contributed by atoms with Crippen LogP contribution in [-0.2, 0) is 26.1 Å². The number of aromatic nitrogens is 4. The molecule has 5 rings (SSSR count). The summed E-state index contributed by atoms with van der Waals surface area (Å²) in [6, 6.07) is 15.0. The molecule has 33 heavy (non-hydrogen) atoms. The third-order valence-corrected chi connectivity index (χ3v) is 5.93. The van der Waals surface area contributed by atoms with Crippen molar-refractivity contribution < 1.29 is 9.21 Å². The minimum absolute atomic E-state index is 0.154. The van der Waals surface area contributed by atoms with Gasteiger partial charge in [0.15, 0.2) is 5.82 Å². The molecule has 1 amide bonds. The minimum Gasteiger partial charge on any atom is -0.460 e. The molecule has 8 nitrogen and oxygen atoms in total. The van der Waals surface area contributed by atoms with Crippen LogP contribution in [-0.4, -0.2) is 43.6 Å². The number of halogens is 1. The summed E-state index contributed by atoms with van der Waals surface area (Å²) in [5, 5.41) is 12.3. The molecule has 4 aromatic rings. The second-order valence-electron chi connectivity index (χ2n) is 7.91. The fourth-order valence-electron chi connectivity index (χ4n) is 3.96. The summed E-state index contributed by atoms with van der Waals surface area (Å²) in [6.45, 7) is 3.49. The molecule has 0 spiro atoms. The molecule has 1 N–H and O–H groups in total. The van der Waals surface area contributed by atoms with Gasteiger partial charge in [-0.3, -0.25) is 14.7 Å². The van der Waals surface area contributed by atoms with Crippen molar-refractivity contribution in [2.45, 2.75) is 26.1 Å². The Morgan fingerprint density at radius 3 is 2.79 bits per heavy atom. The van der Waals surface area contributed by atoms with E-state index in [1.165, 1.54) is 0 Å². The van der Waals surface area contributed by atoms with Gasteiger partial charge in [-0.05, 0) is 36.4 Å². The van der Waals surface area contributed by atoms with Crippen LogP contribution < -0.4 is 5.32 Å². The van der Waals surface area contributed by atoms with Crippen molar-refractivity contribution in [1.82, 2.24) is 30.0 Å². The van der Waals surface area contributed by atoms with E-state index in [9.17, 15) is 4.79 Å². The van der Waals surface area contributed by atoms with Gasteiger partial charge in [0.1, 0.15) is 17.3 Å². The van der Waals surface area contributed by atoms with Gasteiger partial charge < -0.3 is 14.3 Å². The molecule has 0 saturated carbocycles. The van der Waals surface area contributed by atoms with Crippen molar-refractivity contribution in [3.63, 3.8) is 0 Å². The number of benzene rings is 1. The molecule has 1 aromatic carbocycles. The lowest BCUT2D eigenvalue weighted by Gasteiger charge is -2.18. The van der Waals surface area contributed by atoms with Crippen molar-refractivity contribution >= 4 is 17.5 Å². The Kier molecular flexibility index (Phi) is 6.19. The van der Waals surface area contributed by atoms with Crippen LogP contribution in [0.15, 0.2) is 65.3 Å². The molecule has 4 heterocycles. The third-order valence-electron chi connectivity index (χ3n) is 5.70. The van der Waals surface area contributed by atoms with Gasteiger partial charge in [0.25, 0.3) is 5.91 Å². The smallest absolute Gasteiger partial charge is 0.251 e. The fourth-order valence-corrected chi connectivity index (χ4v) is 4.15. The minimum atomic E-state index is -0.154. The van der Waals surface area contributed by atoms with Gasteiger partial charge in [-0.1, -0.05) is 23.7 Å². The van der Waals surface area contributed by atoms with Crippen LogP contribution in [0.1, 0.15) is 27.8 Å². The van der Waals surface area contributed by atoms with Gasteiger partial charge in [-0.25, -0.2) is 0 Å². The number of hydrogen-bond donors (Lipinski definition) is 1. The van der Waals surface area contributed by atoms with Crippen LogP contribution in [0.5, 0.6) is 0 Å². The van der Waals surface area contributed by atoms with E-state index in [0.29, 0.717) is 23.7 Å². The number of pyridine rings is 1. The lowest BCUT2D eigenvalue weighted by molar-refractivity contribution is 0.0949. The summed E-state index contributed by atoms with van der Waals surface area (Å²) < 4.78 is 8.17. The Morgan fingerprint density at radius 2 is 1.94 bits per heavy atom. The molecule has 1 aliphatic heterocycles. The summed E-state index contributed by atoms with van der Waals surface area (Å²) in [5.74, 6) is 3.26. The molecule has 0 fully saturated rings. The first-order chi connectivity index (χ1) is 16.2. The highest BCUT2D eigenvalue weighted by Crippen LogP contribution is 2.25. The Balaban J connectivity index is 1.20. The SMILES string of the molecule is O=C(NCc1nnc2n1CCN(Cc1ccc(-c3cccc(Cl)c3)o1)CC2)c1ccncc1. The highest BCUT2D eigenvalue weighted by Gasteiger charge is 2.20. The van der Waals surface area contributed by atoms with E-state index in [1.807, 2.05) is 36.4 Å². The van der Waals surface area contributed by atoms with Crippen LogP contribution in [0.4, 0.5) is 0 Å². The first-order valence-electron chi connectivity index (χ1n) is 10.8. The zero-order valence-electron chi connectivity index (χ0n) is 17.9. The standard InChI is InChI=1S/C24H23ClN6O2/c25-19-3-1-2-18(14-19)21-5-4-20(33-21)16-30-11-8-22-28-29-23(31(22)13-12-30)15-27-24(32)17-6-9-26-10-7-17/h1-7,9-10,14H,8,11-13,15-16H2,(H,27,32). The molecule has 0 unspecified atom stereocenters. The summed E-state index contributed by atoms with van der Waals surface area (Å²) in [5.41, 5.74) is 1.54. The highest BCUT2D eigenvalue weighted by molar-refractivity contribution is 6.30. The maximum absolute atomic E-state index is 12.3. The molecule has 0 aliphatic carbocycles. The van der Waals surface area contributed by atoms with Gasteiger partial charge in [0.2, 0.25) is 0 Å². The lowest BCUT2D eigenvalue weighted by Crippen LogP contribution is -2.27. The van der Waals surface area contributed by atoms with Crippen LogP contribution in [0.25, 0.3) is 11.3 Å². The summed E-state index contributed by atoms with van der Waals surface area (Å²) in [7, 11) is 0. The van der Waals surface area contributed by atoms with Gasteiger partial charge in [0, 0.05) is 54.6 Å². The zero-order valence-corrected chi connectivity index (χ0v) is 18.7. The molecule has 0 radical (unpaired) electrons. The van der Waals surface area contributed by atoms with Crippen molar-refractivity contribution in [3.8, 4) is 11.3 Å². The summed E-state index contributed by atoms with van der Waals surface area (Å²) >= 11 is 6.10. The van der Waals surface area contributed by atoms with Gasteiger partial charge in [-0.15, -0.1) is 10.2 Å². The van der Waals surface area contributed by atoms with Crippen molar-refractivity contribution in [2.75, 3.05) is 13.1 Å². The Labute approximate surface area is 196 Å². The number of furan rings is 1. The predicted octanol–water partition coefficient (Wildman–Crippen LogP) is 3.57. The molecule has 3 aromatic heterocycles. The maximum Gasteiger partial charge on any atom is 0.251 e. The van der Waals surface area contributed by atoms with Crippen molar-refractivity contribution in [1.29, 1.82) is 0 Å². The van der Waals surface area contributed by atoms with E-state index < -0.39 is 0 Å². The molecular weight excluding hydrogens is 440 g/mol. The highest BCUT2D eigenvalue weighted by atomic mass is 35.5. The largest absolute Gasteiger partial charge is 0.460 e. The third kappa shape index (κ3) is 4.97. The van der Waals surface area contributed by atoms with E-state index >= 15 is 0 Å². The average molecular weight is 463 g/mol. The number of amides is 1. The van der Waals surface area contributed by atoms with Crippen molar-refractivity contribution in [2.24, 2.45) is 0 Å². The molecule has 1 aliphatic rings.